The van der Waals surface area contributed by atoms with E-state index in [0.29, 0.717) is 6.42 Å². The number of methoxy groups -OCH3 is 1. The molecule has 0 spiro atoms. The summed E-state index contributed by atoms with van der Waals surface area (Å²) in [5.41, 5.74) is 1.79. The second-order valence-corrected chi connectivity index (χ2v) is 8.54. The van der Waals surface area contributed by atoms with E-state index in [-0.39, 0.29) is 41.6 Å². The van der Waals surface area contributed by atoms with E-state index in [0.717, 1.165) is 19.8 Å². The van der Waals surface area contributed by atoms with Crippen molar-refractivity contribution in [3.63, 3.8) is 0 Å². The van der Waals surface area contributed by atoms with Crippen LogP contribution in [0.1, 0.15) is 17.4 Å². The van der Waals surface area contributed by atoms with E-state index in [9.17, 15) is 13.0 Å². The van der Waals surface area contributed by atoms with Gasteiger partial charge in [0.25, 0.3) is 10.1 Å². The van der Waals surface area contributed by atoms with Crippen molar-refractivity contribution in [2.24, 2.45) is 0 Å². The fourth-order valence-corrected chi connectivity index (χ4v) is 5.15. The van der Waals surface area contributed by atoms with Crippen LogP contribution >= 0.6 is 32.9 Å². The van der Waals surface area contributed by atoms with Crippen molar-refractivity contribution in [3.8, 4) is 5.75 Å². The molecule has 0 fully saturated rings. The van der Waals surface area contributed by atoms with Gasteiger partial charge in [0.1, 0.15) is 14.5 Å². The van der Waals surface area contributed by atoms with Crippen LogP contribution in [-0.2, 0) is 16.5 Å². The summed E-state index contributed by atoms with van der Waals surface area (Å²) in [6, 6.07) is 4.72. The summed E-state index contributed by atoms with van der Waals surface area (Å²) in [6.07, 6.45) is 0.539. The maximum Gasteiger partial charge on any atom is 1.00 e. The van der Waals surface area contributed by atoms with Gasteiger partial charge in [-0.25, -0.2) is 0 Å². The molecule has 1 heterocycles. The van der Waals surface area contributed by atoms with Gasteiger partial charge in [-0.3, -0.25) is 4.55 Å². The van der Waals surface area contributed by atoms with Gasteiger partial charge in [0.15, 0.2) is 0 Å². The Hall–Kier alpha value is 0.200. The first-order valence-electron chi connectivity index (χ1n) is 5.56. The molecule has 0 saturated heterocycles. The van der Waals surface area contributed by atoms with Crippen LogP contribution in [0.15, 0.2) is 23.1 Å². The fraction of sp³-hybridized carbons (Fsp3) is 0.250. The summed E-state index contributed by atoms with van der Waals surface area (Å²) in [7, 11) is 0.188. The predicted octanol–water partition coefficient (Wildman–Crippen LogP) is 0.810. The first kappa shape index (κ1) is 19.2. The van der Waals surface area contributed by atoms with Gasteiger partial charge in [0.05, 0.1) is 7.11 Å². The van der Waals surface area contributed by atoms with Crippen molar-refractivity contribution in [2.75, 3.05) is 7.11 Å². The molecule has 0 atom stereocenters. The topological polar surface area (TPSA) is 63.6 Å². The van der Waals surface area contributed by atoms with Gasteiger partial charge in [0.2, 0.25) is 0 Å². The molecule has 21 heavy (non-hydrogen) atoms. The number of hydrogen-bond donors (Lipinski definition) is 1. The number of hydrogen-bond acceptors (Lipinski definition) is 6. The molecule has 1 aromatic carbocycles. The molecule has 0 amide bonds. The zero-order valence-electron chi connectivity index (χ0n) is 12.7. The molecule has 2 aromatic rings. The summed E-state index contributed by atoms with van der Waals surface area (Å²) in [5.74, 6) is 0.125. The van der Waals surface area contributed by atoms with E-state index in [1.54, 1.807) is 16.4 Å². The van der Waals surface area contributed by atoms with Gasteiger partial charge in [-0.15, -0.1) is 0 Å². The van der Waals surface area contributed by atoms with Crippen molar-refractivity contribution >= 4 is 43.0 Å². The van der Waals surface area contributed by atoms with Gasteiger partial charge in [-0.1, -0.05) is 39.0 Å². The molecule has 2 rings (SSSR count). The van der Waals surface area contributed by atoms with Crippen molar-refractivity contribution < 1.29 is 48.7 Å². The SMILES string of the molecule is COc1ccc(Cc2c(C)ssc2=S)cc1S(=O)(=O)O.[H-].[Na+]. The van der Waals surface area contributed by atoms with E-state index in [2.05, 4.69) is 0 Å². The summed E-state index contributed by atoms with van der Waals surface area (Å²) in [5, 5.41) is 0. The second-order valence-electron chi connectivity index (χ2n) is 4.13. The average molecular weight is 372 g/mol. The van der Waals surface area contributed by atoms with Crippen molar-refractivity contribution in [1.29, 1.82) is 0 Å². The van der Waals surface area contributed by atoms with Crippen LogP contribution in [0.3, 0.4) is 0 Å². The molecule has 0 saturated carbocycles. The third kappa shape index (κ3) is 4.59. The Labute approximate surface area is 159 Å². The summed E-state index contributed by atoms with van der Waals surface area (Å²) < 4.78 is 37.7. The van der Waals surface area contributed by atoms with E-state index in [1.165, 1.54) is 29.6 Å². The monoisotopic (exact) mass is 372 g/mol. The Morgan fingerprint density at radius 2 is 2.05 bits per heavy atom. The first-order chi connectivity index (χ1) is 9.32. The minimum atomic E-state index is -4.31. The van der Waals surface area contributed by atoms with Gasteiger partial charge < -0.3 is 6.16 Å². The molecule has 110 valence electrons. The number of aryl methyl sites for hydroxylation is 1. The van der Waals surface area contributed by atoms with Crippen LogP contribution in [0.2, 0.25) is 0 Å². The summed E-state index contributed by atoms with van der Waals surface area (Å²) in [6.45, 7) is 1.99. The Morgan fingerprint density at radius 3 is 2.52 bits per heavy atom. The molecule has 0 aliphatic carbocycles. The Balaban J connectivity index is 0.00000220. The quantitative estimate of drug-likeness (QED) is 0.372. The summed E-state index contributed by atoms with van der Waals surface area (Å²) >= 11 is 5.26. The molecule has 0 unspecified atom stereocenters. The average Bonchev–Trinajstić information content (AvgIpc) is 2.69. The molecule has 0 aliphatic rings. The molecule has 9 heteroatoms. The normalized spacial score (nSPS) is 11.0. The zero-order valence-corrected chi connectivity index (χ0v) is 17.0. The van der Waals surface area contributed by atoms with Crippen molar-refractivity contribution in [2.45, 2.75) is 18.2 Å². The van der Waals surface area contributed by atoms with E-state index in [1.807, 2.05) is 6.92 Å². The van der Waals surface area contributed by atoms with Crippen LogP contribution in [-0.4, -0.2) is 20.1 Å². The Bertz CT molecular complexity index is 798. The van der Waals surface area contributed by atoms with Crippen molar-refractivity contribution in [1.82, 2.24) is 0 Å². The molecule has 4 nitrogen and oxygen atoms in total. The molecule has 0 aliphatic heterocycles. The minimum absolute atomic E-state index is 0. The number of ether oxygens (including phenoxy) is 1. The Kier molecular flexibility index (Phi) is 7.01. The van der Waals surface area contributed by atoms with Gasteiger partial charge >= 0.3 is 29.6 Å². The Morgan fingerprint density at radius 1 is 1.38 bits per heavy atom. The predicted molar refractivity (Wildman–Crippen MR) is 84.5 cm³/mol. The van der Waals surface area contributed by atoms with E-state index < -0.39 is 10.1 Å². The maximum atomic E-state index is 11.4. The van der Waals surface area contributed by atoms with E-state index >= 15 is 0 Å². The molecule has 1 aromatic heterocycles. The largest absolute Gasteiger partial charge is 1.00 e. The number of rotatable bonds is 4. The van der Waals surface area contributed by atoms with E-state index in [4.69, 9.17) is 17.0 Å². The minimum Gasteiger partial charge on any atom is -1.00 e. The van der Waals surface area contributed by atoms with Crippen molar-refractivity contribution in [3.05, 3.63) is 38.0 Å². The first-order valence-corrected chi connectivity index (χ1v) is 9.55. The van der Waals surface area contributed by atoms with Gasteiger partial charge in [-0.2, -0.15) is 8.42 Å². The van der Waals surface area contributed by atoms with Crippen LogP contribution < -0.4 is 34.3 Å². The molecule has 0 radical (unpaired) electrons. The molecule has 1 N–H and O–H groups in total. The maximum absolute atomic E-state index is 11.4. The van der Waals surface area contributed by atoms with Crippen LogP contribution in [0.5, 0.6) is 5.75 Å². The molecular weight excluding hydrogens is 359 g/mol. The number of benzene rings is 1. The zero-order chi connectivity index (χ0) is 14.9. The standard InChI is InChI=1S/C12H12O4S4.Na.H/c1-7-9(12(17)19-18-7)5-8-3-4-10(16-2)11(6-8)20(13,14)15;;/h3-4,6H,5H2,1-2H3,(H,13,14,15);;/q;+1;-1. The summed E-state index contributed by atoms with van der Waals surface area (Å²) in [4.78, 5) is 0.907. The van der Waals surface area contributed by atoms with Gasteiger partial charge in [-0.05, 0) is 30.2 Å². The van der Waals surface area contributed by atoms with Gasteiger partial charge in [0, 0.05) is 11.3 Å². The van der Waals surface area contributed by atoms with Crippen LogP contribution in [0.25, 0.3) is 0 Å². The smallest absolute Gasteiger partial charge is 1.00 e. The second kappa shape index (κ2) is 7.65. The third-order valence-corrected chi connectivity index (χ3v) is 6.97. The third-order valence-electron chi connectivity index (χ3n) is 2.80. The molecule has 0 bridgehead atoms. The fourth-order valence-electron chi connectivity index (χ4n) is 1.78. The van der Waals surface area contributed by atoms with Crippen LogP contribution in [0.4, 0.5) is 0 Å². The molecular formula is C12H13NaO4S4. The van der Waals surface area contributed by atoms with Crippen LogP contribution in [0, 0.1) is 10.7 Å².